The van der Waals surface area contributed by atoms with Gasteiger partial charge in [0.1, 0.15) is 5.75 Å². The van der Waals surface area contributed by atoms with Crippen LogP contribution in [-0.2, 0) is 6.42 Å². The van der Waals surface area contributed by atoms with Gasteiger partial charge < -0.3 is 10.8 Å². The van der Waals surface area contributed by atoms with E-state index in [-0.39, 0.29) is 6.04 Å². The lowest BCUT2D eigenvalue weighted by molar-refractivity contribution is 0.232. The molecule has 2 nitrogen and oxygen atoms in total. The van der Waals surface area contributed by atoms with Crippen LogP contribution in [0.4, 0.5) is 0 Å². The lowest BCUT2D eigenvalue weighted by atomic mass is 9.76. The molecular weight excluding hydrogens is 234 g/mol. The topological polar surface area (TPSA) is 46.2 Å². The van der Waals surface area contributed by atoms with Gasteiger partial charge in [0.2, 0.25) is 0 Å². The molecule has 1 aliphatic carbocycles. The van der Waals surface area contributed by atoms with E-state index in [0.717, 1.165) is 12.3 Å². The highest BCUT2D eigenvalue weighted by molar-refractivity contribution is 5.26. The molecule has 1 aliphatic rings. The highest BCUT2D eigenvalue weighted by atomic mass is 16.3. The number of rotatable bonds is 5. The fraction of sp³-hybridized carbons (Fsp3) is 0.647. The van der Waals surface area contributed by atoms with Gasteiger partial charge in [0.05, 0.1) is 0 Å². The van der Waals surface area contributed by atoms with Gasteiger partial charge in [0, 0.05) is 6.04 Å². The van der Waals surface area contributed by atoms with E-state index >= 15 is 0 Å². The molecule has 0 bridgehead atoms. The molecule has 2 heteroatoms. The monoisotopic (exact) mass is 261 g/mol. The van der Waals surface area contributed by atoms with Crippen LogP contribution in [0.3, 0.4) is 0 Å². The van der Waals surface area contributed by atoms with Gasteiger partial charge in [-0.1, -0.05) is 44.7 Å². The molecule has 1 saturated carbocycles. The average molecular weight is 261 g/mol. The van der Waals surface area contributed by atoms with Crippen LogP contribution >= 0.6 is 0 Å². The third kappa shape index (κ3) is 4.24. The van der Waals surface area contributed by atoms with Gasteiger partial charge in [0.15, 0.2) is 0 Å². The summed E-state index contributed by atoms with van der Waals surface area (Å²) in [6.45, 7) is 2.28. The number of aromatic hydroxyl groups is 1. The van der Waals surface area contributed by atoms with Crippen LogP contribution in [0.2, 0.25) is 0 Å². The van der Waals surface area contributed by atoms with E-state index in [1.807, 2.05) is 12.1 Å². The van der Waals surface area contributed by atoms with E-state index in [1.54, 1.807) is 12.1 Å². The van der Waals surface area contributed by atoms with E-state index in [9.17, 15) is 5.11 Å². The normalized spacial score (nSPS) is 25.2. The zero-order valence-electron chi connectivity index (χ0n) is 12.0. The average Bonchev–Trinajstić information content (AvgIpc) is 2.42. The maximum atomic E-state index is 9.29. The Labute approximate surface area is 117 Å². The molecule has 1 aromatic carbocycles. The van der Waals surface area contributed by atoms with Gasteiger partial charge in [-0.05, 0) is 48.8 Å². The quantitative estimate of drug-likeness (QED) is 0.845. The van der Waals surface area contributed by atoms with E-state index in [2.05, 4.69) is 6.92 Å². The lowest BCUT2D eigenvalue weighted by Crippen LogP contribution is -2.34. The summed E-state index contributed by atoms with van der Waals surface area (Å²) in [5.41, 5.74) is 7.61. The van der Waals surface area contributed by atoms with Crippen molar-refractivity contribution < 1.29 is 5.11 Å². The van der Waals surface area contributed by atoms with Gasteiger partial charge >= 0.3 is 0 Å². The Bertz CT molecular complexity index is 365. The number of phenolic OH excluding ortho intramolecular Hbond substituents is 1. The molecule has 1 aromatic rings. The highest BCUT2D eigenvalue weighted by Gasteiger charge is 2.25. The maximum Gasteiger partial charge on any atom is 0.115 e. The van der Waals surface area contributed by atoms with Crippen LogP contribution < -0.4 is 5.73 Å². The minimum Gasteiger partial charge on any atom is -0.508 e. The molecule has 1 fully saturated rings. The summed E-state index contributed by atoms with van der Waals surface area (Å²) in [7, 11) is 0. The van der Waals surface area contributed by atoms with Crippen molar-refractivity contribution in [3.05, 3.63) is 29.8 Å². The van der Waals surface area contributed by atoms with Crippen LogP contribution in [0, 0.1) is 11.8 Å². The first-order valence-electron chi connectivity index (χ1n) is 7.72. The molecule has 2 rings (SSSR count). The third-order valence-electron chi connectivity index (χ3n) is 4.60. The number of nitrogens with two attached hydrogens (primary N) is 1. The molecule has 1 atom stereocenters. The smallest absolute Gasteiger partial charge is 0.115 e. The van der Waals surface area contributed by atoms with Crippen LogP contribution in [-0.4, -0.2) is 11.1 Å². The van der Waals surface area contributed by atoms with Gasteiger partial charge in [-0.15, -0.1) is 0 Å². The molecule has 0 aromatic heterocycles. The SMILES string of the molecule is CCCC1CCC(C(N)Cc2ccc(O)cc2)CC1. The molecule has 0 amide bonds. The first-order chi connectivity index (χ1) is 9.19. The van der Waals surface area contributed by atoms with Crippen molar-refractivity contribution in [3.8, 4) is 5.75 Å². The summed E-state index contributed by atoms with van der Waals surface area (Å²) in [4.78, 5) is 0. The molecule has 106 valence electrons. The Morgan fingerprint density at radius 2 is 1.79 bits per heavy atom. The van der Waals surface area contributed by atoms with E-state index in [4.69, 9.17) is 5.73 Å². The first-order valence-corrected chi connectivity index (χ1v) is 7.72. The Balaban J connectivity index is 1.81. The molecule has 0 radical (unpaired) electrons. The summed E-state index contributed by atoms with van der Waals surface area (Å²) in [6.07, 6.45) is 8.95. The molecule has 0 aliphatic heterocycles. The van der Waals surface area contributed by atoms with Crippen molar-refractivity contribution in [2.75, 3.05) is 0 Å². The summed E-state index contributed by atoms with van der Waals surface area (Å²) < 4.78 is 0. The van der Waals surface area contributed by atoms with E-state index in [1.165, 1.54) is 44.1 Å². The Morgan fingerprint density at radius 3 is 2.37 bits per heavy atom. The Morgan fingerprint density at radius 1 is 1.16 bits per heavy atom. The fourth-order valence-electron chi connectivity index (χ4n) is 3.38. The van der Waals surface area contributed by atoms with Crippen molar-refractivity contribution in [1.82, 2.24) is 0 Å². The zero-order valence-corrected chi connectivity index (χ0v) is 12.0. The largest absolute Gasteiger partial charge is 0.508 e. The number of hydrogen-bond acceptors (Lipinski definition) is 2. The van der Waals surface area contributed by atoms with Gasteiger partial charge in [-0.25, -0.2) is 0 Å². The summed E-state index contributed by atoms with van der Waals surface area (Å²) in [5.74, 6) is 1.96. The van der Waals surface area contributed by atoms with Crippen molar-refractivity contribution in [1.29, 1.82) is 0 Å². The first kappa shape index (κ1) is 14.4. The Hall–Kier alpha value is -1.02. The molecule has 19 heavy (non-hydrogen) atoms. The molecule has 0 saturated heterocycles. The van der Waals surface area contributed by atoms with Crippen LogP contribution in [0.25, 0.3) is 0 Å². The number of hydrogen-bond donors (Lipinski definition) is 2. The van der Waals surface area contributed by atoms with Crippen LogP contribution in [0.5, 0.6) is 5.75 Å². The number of benzene rings is 1. The second-order valence-corrected chi connectivity index (χ2v) is 6.10. The second-order valence-electron chi connectivity index (χ2n) is 6.10. The van der Waals surface area contributed by atoms with E-state index < -0.39 is 0 Å². The van der Waals surface area contributed by atoms with Crippen LogP contribution in [0.15, 0.2) is 24.3 Å². The minimum atomic E-state index is 0.270. The second kappa shape index (κ2) is 6.95. The highest BCUT2D eigenvalue weighted by Crippen LogP contribution is 2.33. The predicted octanol–water partition coefficient (Wildman–Crippen LogP) is 3.87. The van der Waals surface area contributed by atoms with Gasteiger partial charge in [-0.3, -0.25) is 0 Å². The minimum absolute atomic E-state index is 0.270. The molecule has 1 unspecified atom stereocenters. The Kier molecular flexibility index (Phi) is 5.26. The molecular formula is C17H27NO. The van der Waals surface area contributed by atoms with Crippen molar-refractivity contribution >= 4 is 0 Å². The van der Waals surface area contributed by atoms with E-state index in [0.29, 0.717) is 11.7 Å². The standard InChI is InChI=1S/C17H27NO/c1-2-3-13-4-8-15(9-5-13)17(18)12-14-6-10-16(19)11-7-14/h6-7,10-11,13,15,17,19H,2-5,8-9,12,18H2,1H3. The molecule has 0 heterocycles. The van der Waals surface area contributed by atoms with Crippen molar-refractivity contribution in [2.45, 2.75) is 57.9 Å². The predicted molar refractivity (Wildman–Crippen MR) is 80.1 cm³/mol. The molecule has 3 N–H and O–H groups in total. The van der Waals surface area contributed by atoms with Gasteiger partial charge in [-0.2, -0.15) is 0 Å². The summed E-state index contributed by atoms with van der Waals surface area (Å²) >= 11 is 0. The van der Waals surface area contributed by atoms with Crippen molar-refractivity contribution in [2.24, 2.45) is 17.6 Å². The fourth-order valence-corrected chi connectivity index (χ4v) is 3.38. The maximum absolute atomic E-state index is 9.29. The summed E-state index contributed by atoms with van der Waals surface area (Å²) in [5, 5.41) is 9.29. The van der Waals surface area contributed by atoms with Crippen molar-refractivity contribution in [3.63, 3.8) is 0 Å². The van der Waals surface area contributed by atoms with Crippen LogP contribution in [0.1, 0.15) is 51.0 Å². The summed E-state index contributed by atoms with van der Waals surface area (Å²) in [6, 6.07) is 7.74. The molecule has 0 spiro atoms. The third-order valence-corrected chi connectivity index (χ3v) is 4.60. The zero-order chi connectivity index (χ0) is 13.7. The lowest BCUT2D eigenvalue weighted by Gasteiger charge is -2.32. The number of phenols is 1. The van der Waals surface area contributed by atoms with Gasteiger partial charge in [0.25, 0.3) is 0 Å².